The van der Waals surface area contributed by atoms with Crippen LogP contribution < -0.4 is 10.2 Å². The van der Waals surface area contributed by atoms with E-state index >= 15 is 0 Å². The van der Waals surface area contributed by atoms with Crippen molar-refractivity contribution >= 4 is 5.82 Å². The van der Waals surface area contributed by atoms with E-state index in [9.17, 15) is 0 Å². The van der Waals surface area contributed by atoms with Gasteiger partial charge in [-0.05, 0) is 50.8 Å². The Balaban J connectivity index is 2.03. The highest BCUT2D eigenvalue weighted by atomic mass is 15.2. The van der Waals surface area contributed by atoms with Gasteiger partial charge in [-0.3, -0.25) is 0 Å². The van der Waals surface area contributed by atoms with Gasteiger partial charge < -0.3 is 10.2 Å². The number of rotatable bonds is 5. The van der Waals surface area contributed by atoms with Crippen molar-refractivity contribution in [2.75, 3.05) is 18.0 Å². The van der Waals surface area contributed by atoms with Crippen LogP contribution in [-0.4, -0.2) is 24.1 Å². The second-order valence-corrected chi connectivity index (χ2v) is 6.83. The molecule has 1 aromatic heterocycles. The van der Waals surface area contributed by atoms with E-state index in [4.69, 9.17) is 4.98 Å². The number of aromatic nitrogens is 1. The Bertz CT molecular complexity index is 442. The molecule has 2 heterocycles. The van der Waals surface area contributed by atoms with Gasteiger partial charge in [-0.25, -0.2) is 4.98 Å². The minimum atomic E-state index is 0.615. The van der Waals surface area contributed by atoms with Gasteiger partial charge in [0.25, 0.3) is 0 Å². The lowest BCUT2D eigenvalue weighted by Crippen LogP contribution is -2.33. The van der Waals surface area contributed by atoms with Gasteiger partial charge in [-0.2, -0.15) is 0 Å². The molecule has 1 unspecified atom stereocenters. The van der Waals surface area contributed by atoms with Crippen molar-refractivity contribution < 1.29 is 0 Å². The summed E-state index contributed by atoms with van der Waals surface area (Å²) in [5.41, 5.74) is 2.49. The Morgan fingerprint density at radius 2 is 2.10 bits per heavy atom. The van der Waals surface area contributed by atoms with Gasteiger partial charge in [0.05, 0.1) is 0 Å². The van der Waals surface area contributed by atoms with Crippen LogP contribution in [0.5, 0.6) is 0 Å². The minimum Gasteiger partial charge on any atom is -0.354 e. The molecule has 1 aliphatic heterocycles. The zero-order chi connectivity index (χ0) is 15.2. The van der Waals surface area contributed by atoms with Crippen LogP contribution in [-0.2, 0) is 6.54 Å². The summed E-state index contributed by atoms with van der Waals surface area (Å²) in [6, 6.07) is 5.08. The van der Waals surface area contributed by atoms with Crippen molar-refractivity contribution in [3.05, 3.63) is 23.4 Å². The molecular weight excluding hydrogens is 258 g/mol. The van der Waals surface area contributed by atoms with Gasteiger partial charge in [-0.15, -0.1) is 0 Å². The van der Waals surface area contributed by atoms with E-state index in [0.29, 0.717) is 12.0 Å². The zero-order valence-electron chi connectivity index (χ0n) is 14.2. The standard InChI is InChI=1S/C18H31N3/c1-14(2)12-19-13-17-9-10-18(20-16(17)4)21-11-7-5-6-8-15(21)3/h9-10,14-15,19H,5-8,11-13H2,1-4H3. The summed E-state index contributed by atoms with van der Waals surface area (Å²) in [6.07, 6.45) is 5.30. The lowest BCUT2D eigenvalue weighted by atomic mass is 10.1. The van der Waals surface area contributed by atoms with E-state index in [2.05, 4.69) is 50.0 Å². The van der Waals surface area contributed by atoms with Crippen LogP contribution >= 0.6 is 0 Å². The van der Waals surface area contributed by atoms with Crippen LogP contribution in [0.1, 0.15) is 57.7 Å². The first-order chi connectivity index (χ1) is 10.1. The second kappa shape index (κ2) is 7.79. The molecule has 1 saturated heterocycles. The zero-order valence-corrected chi connectivity index (χ0v) is 14.2. The lowest BCUT2D eigenvalue weighted by molar-refractivity contribution is 0.550. The van der Waals surface area contributed by atoms with Crippen molar-refractivity contribution in [1.82, 2.24) is 10.3 Å². The van der Waals surface area contributed by atoms with Crippen molar-refractivity contribution in [3.63, 3.8) is 0 Å². The highest BCUT2D eigenvalue weighted by molar-refractivity contribution is 5.42. The number of anilines is 1. The molecule has 21 heavy (non-hydrogen) atoms. The summed E-state index contributed by atoms with van der Waals surface area (Å²) in [4.78, 5) is 7.36. The van der Waals surface area contributed by atoms with Crippen LogP contribution in [0.25, 0.3) is 0 Å². The first-order valence-corrected chi connectivity index (χ1v) is 8.52. The number of hydrogen-bond acceptors (Lipinski definition) is 3. The Kier molecular flexibility index (Phi) is 6.04. The molecule has 1 atom stereocenters. The topological polar surface area (TPSA) is 28.2 Å². The molecule has 0 saturated carbocycles. The van der Waals surface area contributed by atoms with E-state index < -0.39 is 0 Å². The van der Waals surface area contributed by atoms with Crippen LogP contribution in [0.2, 0.25) is 0 Å². The summed E-state index contributed by atoms with van der Waals surface area (Å²) in [5, 5.41) is 3.51. The number of pyridine rings is 1. The third kappa shape index (κ3) is 4.70. The van der Waals surface area contributed by atoms with Gasteiger partial charge in [0, 0.05) is 24.8 Å². The van der Waals surface area contributed by atoms with Crippen molar-refractivity contribution in [2.45, 2.75) is 66.0 Å². The molecule has 1 N–H and O–H groups in total. The molecule has 0 radical (unpaired) electrons. The Morgan fingerprint density at radius 3 is 2.81 bits per heavy atom. The number of aryl methyl sites for hydroxylation is 1. The predicted molar refractivity (Wildman–Crippen MR) is 90.8 cm³/mol. The van der Waals surface area contributed by atoms with Gasteiger partial charge >= 0.3 is 0 Å². The van der Waals surface area contributed by atoms with Gasteiger partial charge in [0.15, 0.2) is 0 Å². The second-order valence-electron chi connectivity index (χ2n) is 6.83. The molecule has 2 rings (SSSR count). The molecule has 3 nitrogen and oxygen atoms in total. The Hall–Kier alpha value is -1.09. The van der Waals surface area contributed by atoms with Crippen molar-refractivity contribution in [1.29, 1.82) is 0 Å². The molecule has 0 amide bonds. The Labute approximate surface area is 130 Å². The fraction of sp³-hybridized carbons (Fsp3) is 0.722. The molecule has 0 aromatic carbocycles. The molecule has 1 aromatic rings. The SMILES string of the molecule is Cc1nc(N2CCCCCC2C)ccc1CNCC(C)C. The molecular formula is C18H31N3. The molecule has 1 aliphatic rings. The van der Waals surface area contributed by atoms with E-state index in [-0.39, 0.29) is 0 Å². The van der Waals surface area contributed by atoms with Gasteiger partial charge in [0.2, 0.25) is 0 Å². The molecule has 1 fully saturated rings. The van der Waals surface area contributed by atoms with Crippen LogP contribution in [0.4, 0.5) is 5.82 Å². The summed E-state index contributed by atoms with van der Waals surface area (Å²) in [6.45, 7) is 12.1. The average Bonchev–Trinajstić information content (AvgIpc) is 2.65. The van der Waals surface area contributed by atoms with Crippen LogP contribution in [0.15, 0.2) is 12.1 Å². The monoisotopic (exact) mass is 289 g/mol. The molecule has 3 heteroatoms. The highest BCUT2D eigenvalue weighted by Gasteiger charge is 2.18. The maximum atomic E-state index is 4.87. The minimum absolute atomic E-state index is 0.615. The maximum Gasteiger partial charge on any atom is 0.129 e. The summed E-state index contributed by atoms with van der Waals surface area (Å²) < 4.78 is 0. The summed E-state index contributed by atoms with van der Waals surface area (Å²) in [7, 11) is 0. The van der Waals surface area contributed by atoms with E-state index in [1.807, 2.05) is 0 Å². The van der Waals surface area contributed by atoms with Gasteiger partial charge in [-0.1, -0.05) is 32.8 Å². The number of nitrogens with one attached hydrogen (secondary N) is 1. The first kappa shape index (κ1) is 16.3. The third-order valence-corrected chi connectivity index (χ3v) is 4.40. The normalized spacial score (nSPS) is 19.9. The fourth-order valence-electron chi connectivity index (χ4n) is 3.03. The quantitative estimate of drug-likeness (QED) is 0.891. The average molecular weight is 289 g/mol. The smallest absolute Gasteiger partial charge is 0.129 e. The molecule has 0 aliphatic carbocycles. The van der Waals surface area contributed by atoms with Crippen molar-refractivity contribution in [2.24, 2.45) is 5.92 Å². The molecule has 0 spiro atoms. The van der Waals surface area contributed by atoms with E-state index in [0.717, 1.165) is 25.5 Å². The van der Waals surface area contributed by atoms with Crippen LogP contribution in [0.3, 0.4) is 0 Å². The largest absolute Gasteiger partial charge is 0.354 e. The third-order valence-electron chi connectivity index (χ3n) is 4.40. The summed E-state index contributed by atoms with van der Waals surface area (Å²) in [5.74, 6) is 1.85. The summed E-state index contributed by atoms with van der Waals surface area (Å²) >= 11 is 0. The Morgan fingerprint density at radius 1 is 1.29 bits per heavy atom. The number of nitrogens with zero attached hydrogens (tertiary/aromatic N) is 2. The van der Waals surface area contributed by atoms with Crippen LogP contribution in [0, 0.1) is 12.8 Å². The number of hydrogen-bond donors (Lipinski definition) is 1. The van der Waals surface area contributed by atoms with E-state index in [1.54, 1.807) is 0 Å². The maximum absolute atomic E-state index is 4.87. The first-order valence-electron chi connectivity index (χ1n) is 8.52. The van der Waals surface area contributed by atoms with Crippen molar-refractivity contribution in [3.8, 4) is 0 Å². The predicted octanol–water partition coefficient (Wildman–Crippen LogP) is 3.90. The van der Waals surface area contributed by atoms with E-state index in [1.165, 1.54) is 36.9 Å². The lowest BCUT2D eigenvalue weighted by Gasteiger charge is -2.28. The molecule has 118 valence electrons. The van der Waals surface area contributed by atoms with Gasteiger partial charge in [0.1, 0.15) is 5.82 Å². The highest BCUT2D eigenvalue weighted by Crippen LogP contribution is 2.23. The molecule has 0 bridgehead atoms. The fourth-order valence-corrected chi connectivity index (χ4v) is 3.03.